The molecule has 0 N–H and O–H groups in total. The van der Waals surface area contributed by atoms with Gasteiger partial charge in [-0.25, -0.2) is 0 Å². The van der Waals surface area contributed by atoms with Crippen LogP contribution in [0.1, 0.15) is 23.2 Å². The van der Waals surface area contributed by atoms with Crippen molar-refractivity contribution in [2.45, 2.75) is 18.9 Å². The second-order valence-electron chi connectivity index (χ2n) is 4.18. The van der Waals surface area contributed by atoms with Crippen LogP contribution in [0, 0.1) is 0 Å². The Morgan fingerprint density at radius 1 is 1.71 bits per heavy atom. The minimum atomic E-state index is -0.0899. The van der Waals surface area contributed by atoms with Crippen molar-refractivity contribution in [3.05, 3.63) is 29.0 Å². The van der Waals surface area contributed by atoms with E-state index in [1.165, 1.54) is 6.20 Å². The molecule has 1 amide bonds. The summed E-state index contributed by atoms with van der Waals surface area (Å²) in [6.07, 6.45) is 5.29. The van der Waals surface area contributed by atoms with Crippen LogP contribution in [0.3, 0.4) is 0 Å². The van der Waals surface area contributed by atoms with E-state index in [0.29, 0.717) is 17.1 Å². The summed E-state index contributed by atoms with van der Waals surface area (Å²) in [5.74, 6) is -0.0899. The van der Waals surface area contributed by atoms with E-state index < -0.39 is 0 Å². The topological polar surface area (TPSA) is 42.4 Å². The molecule has 0 aliphatic carbocycles. The fourth-order valence-electron chi connectivity index (χ4n) is 1.93. The molecular weight excluding hydrogens is 240 g/mol. The lowest BCUT2D eigenvalue weighted by molar-refractivity contribution is 0.0587. The van der Waals surface area contributed by atoms with Crippen molar-refractivity contribution in [2.24, 2.45) is 0 Å². The SMILES string of the molecule is CN(CC1CCCO1)C(=O)c1ccncc1Cl. The number of ether oxygens (including phenoxy) is 1. The summed E-state index contributed by atoms with van der Waals surface area (Å²) in [5, 5.41) is 0.386. The summed E-state index contributed by atoms with van der Waals surface area (Å²) in [6, 6.07) is 1.64. The molecule has 1 saturated heterocycles. The number of likely N-dealkylation sites (N-methyl/N-ethyl adjacent to an activating group) is 1. The highest BCUT2D eigenvalue weighted by Crippen LogP contribution is 2.17. The second-order valence-corrected chi connectivity index (χ2v) is 4.58. The van der Waals surface area contributed by atoms with Crippen LogP contribution in [0.25, 0.3) is 0 Å². The van der Waals surface area contributed by atoms with Gasteiger partial charge in [-0.2, -0.15) is 0 Å². The van der Waals surface area contributed by atoms with Gasteiger partial charge in [-0.1, -0.05) is 11.6 Å². The number of nitrogens with zero attached hydrogens (tertiary/aromatic N) is 2. The van der Waals surface area contributed by atoms with Gasteiger partial charge < -0.3 is 9.64 Å². The molecule has 2 rings (SSSR count). The fourth-order valence-corrected chi connectivity index (χ4v) is 2.13. The normalized spacial score (nSPS) is 19.3. The fraction of sp³-hybridized carbons (Fsp3) is 0.500. The zero-order chi connectivity index (χ0) is 12.3. The van der Waals surface area contributed by atoms with Crippen molar-refractivity contribution in [1.29, 1.82) is 0 Å². The van der Waals surface area contributed by atoms with E-state index >= 15 is 0 Å². The number of aromatic nitrogens is 1. The van der Waals surface area contributed by atoms with E-state index in [4.69, 9.17) is 16.3 Å². The zero-order valence-corrected chi connectivity index (χ0v) is 10.5. The second kappa shape index (κ2) is 5.47. The highest BCUT2D eigenvalue weighted by molar-refractivity contribution is 6.33. The quantitative estimate of drug-likeness (QED) is 0.828. The maximum Gasteiger partial charge on any atom is 0.255 e. The van der Waals surface area contributed by atoms with Crippen LogP contribution in [0.15, 0.2) is 18.5 Å². The molecule has 0 bridgehead atoms. The van der Waals surface area contributed by atoms with Crippen LogP contribution < -0.4 is 0 Å². The van der Waals surface area contributed by atoms with E-state index in [9.17, 15) is 4.79 Å². The third kappa shape index (κ3) is 2.96. The van der Waals surface area contributed by atoms with Gasteiger partial charge in [-0.05, 0) is 18.9 Å². The first-order chi connectivity index (χ1) is 8.18. The summed E-state index contributed by atoms with van der Waals surface area (Å²) in [5.41, 5.74) is 0.488. The maximum atomic E-state index is 12.1. The van der Waals surface area contributed by atoms with Crippen molar-refractivity contribution in [1.82, 2.24) is 9.88 Å². The number of amides is 1. The monoisotopic (exact) mass is 254 g/mol. The minimum absolute atomic E-state index is 0.0899. The Bertz CT molecular complexity index is 405. The van der Waals surface area contributed by atoms with E-state index in [-0.39, 0.29) is 12.0 Å². The molecule has 1 atom stereocenters. The lowest BCUT2D eigenvalue weighted by Crippen LogP contribution is -2.34. The van der Waals surface area contributed by atoms with E-state index in [1.807, 2.05) is 0 Å². The molecule has 1 aromatic heterocycles. The number of hydrogen-bond donors (Lipinski definition) is 0. The third-order valence-electron chi connectivity index (χ3n) is 2.85. The molecule has 0 saturated carbocycles. The van der Waals surface area contributed by atoms with Gasteiger partial charge >= 0.3 is 0 Å². The van der Waals surface area contributed by atoms with Crippen LogP contribution in [-0.2, 0) is 4.74 Å². The highest BCUT2D eigenvalue weighted by Gasteiger charge is 2.21. The predicted molar refractivity (Wildman–Crippen MR) is 65.2 cm³/mol. The van der Waals surface area contributed by atoms with Crippen molar-refractivity contribution >= 4 is 17.5 Å². The van der Waals surface area contributed by atoms with Gasteiger partial charge in [0.15, 0.2) is 0 Å². The van der Waals surface area contributed by atoms with Crippen molar-refractivity contribution in [3.8, 4) is 0 Å². The van der Waals surface area contributed by atoms with Crippen LogP contribution in [0.2, 0.25) is 5.02 Å². The first kappa shape index (κ1) is 12.3. The van der Waals surface area contributed by atoms with Gasteiger partial charge in [0, 0.05) is 32.6 Å². The molecule has 4 nitrogen and oxygen atoms in total. The smallest absolute Gasteiger partial charge is 0.255 e. The number of hydrogen-bond acceptors (Lipinski definition) is 3. The first-order valence-electron chi connectivity index (χ1n) is 5.65. The molecule has 1 unspecified atom stereocenters. The molecule has 1 fully saturated rings. The predicted octanol–water partition coefficient (Wildman–Crippen LogP) is 1.99. The molecule has 92 valence electrons. The van der Waals surface area contributed by atoms with Gasteiger partial charge in [0.2, 0.25) is 0 Å². The Balaban J connectivity index is 2.01. The van der Waals surface area contributed by atoms with E-state index in [2.05, 4.69) is 4.98 Å². The molecule has 0 radical (unpaired) electrons. The number of carbonyl (C=O) groups excluding carboxylic acids is 1. The molecule has 5 heteroatoms. The number of carbonyl (C=O) groups is 1. The molecule has 2 heterocycles. The molecule has 1 aromatic rings. The van der Waals surface area contributed by atoms with Crippen molar-refractivity contribution < 1.29 is 9.53 Å². The average molecular weight is 255 g/mol. The summed E-state index contributed by atoms with van der Waals surface area (Å²) in [6.45, 7) is 1.40. The Labute approximate surface area is 106 Å². The molecule has 17 heavy (non-hydrogen) atoms. The van der Waals surface area contributed by atoms with Gasteiger partial charge in [0.25, 0.3) is 5.91 Å². The molecule has 1 aliphatic heterocycles. The largest absolute Gasteiger partial charge is 0.376 e. The summed E-state index contributed by atoms with van der Waals surface area (Å²) < 4.78 is 5.50. The van der Waals surface area contributed by atoms with E-state index in [0.717, 1.165) is 19.4 Å². The Hall–Kier alpha value is -1.13. The number of pyridine rings is 1. The first-order valence-corrected chi connectivity index (χ1v) is 6.03. The lowest BCUT2D eigenvalue weighted by atomic mass is 10.2. The third-order valence-corrected chi connectivity index (χ3v) is 3.15. The van der Waals surface area contributed by atoms with Crippen molar-refractivity contribution in [3.63, 3.8) is 0 Å². The molecule has 0 aromatic carbocycles. The number of halogens is 1. The lowest BCUT2D eigenvalue weighted by Gasteiger charge is -2.21. The molecule has 1 aliphatic rings. The van der Waals surface area contributed by atoms with Gasteiger partial charge in [0.1, 0.15) is 0 Å². The van der Waals surface area contributed by atoms with Crippen molar-refractivity contribution in [2.75, 3.05) is 20.2 Å². The summed E-state index contributed by atoms with van der Waals surface area (Å²) in [4.78, 5) is 17.6. The molecule has 0 spiro atoms. The van der Waals surface area contributed by atoms with Crippen LogP contribution in [0.4, 0.5) is 0 Å². The standard InChI is InChI=1S/C12H15ClN2O2/c1-15(8-9-3-2-6-17-9)12(16)10-4-5-14-7-11(10)13/h4-5,7,9H,2-3,6,8H2,1H3. The summed E-state index contributed by atoms with van der Waals surface area (Å²) in [7, 11) is 1.76. The van der Waals surface area contributed by atoms with Gasteiger partial charge in [0.05, 0.1) is 16.7 Å². The van der Waals surface area contributed by atoms with Crippen LogP contribution in [-0.4, -0.2) is 42.1 Å². The molecular formula is C12H15ClN2O2. The zero-order valence-electron chi connectivity index (χ0n) is 9.73. The Kier molecular flexibility index (Phi) is 3.97. The minimum Gasteiger partial charge on any atom is -0.376 e. The van der Waals surface area contributed by atoms with E-state index in [1.54, 1.807) is 24.2 Å². The van der Waals surface area contributed by atoms with Crippen LogP contribution >= 0.6 is 11.6 Å². The maximum absolute atomic E-state index is 12.1. The highest BCUT2D eigenvalue weighted by atomic mass is 35.5. The average Bonchev–Trinajstić information content (AvgIpc) is 2.81. The Morgan fingerprint density at radius 2 is 2.53 bits per heavy atom. The Morgan fingerprint density at radius 3 is 3.18 bits per heavy atom. The van der Waals surface area contributed by atoms with Crippen LogP contribution in [0.5, 0.6) is 0 Å². The van der Waals surface area contributed by atoms with Gasteiger partial charge in [-0.3, -0.25) is 9.78 Å². The summed E-state index contributed by atoms with van der Waals surface area (Å²) >= 11 is 5.94. The number of rotatable bonds is 3. The van der Waals surface area contributed by atoms with Gasteiger partial charge in [-0.15, -0.1) is 0 Å².